The third-order valence-electron chi connectivity index (χ3n) is 6.22. The van der Waals surface area contributed by atoms with Crippen molar-refractivity contribution in [3.05, 3.63) is 98.2 Å². The maximum Gasteiger partial charge on any atom is 0.261 e. The first-order chi connectivity index (χ1) is 15.6. The summed E-state index contributed by atoms with van der Waals surface area (Å²) >= 11 is 0. The van der Waals surface area contributed by atoms with E-state index in [1.807, 2.05) is 48.5 Å². The average molecular weight is 449 g/mol. The van der Waals surface area contributed by atoms with Crippen molar-refractivity contribution in [3.63, 3.8) is 0 Å². The second-order valence-electron chi connectivity index (χ2n) is 9.15. The number of hydrogen-bond donors (Lipinski definition) is 1. The van der Waals surface area contributed by atoms with Gasteiger partial charge in [-0.25, -0.2) is 4.39 Å². The molecule has 1 heterocycles. The Morgan fingerprint density at radius 2 is 1.48 bits per heavy atom. The van der Waals surface area contributed by atoms with Crippen LogP contribution in [0.4, 0.5) is 10.1 Å². The average Bonchev–Trinajstić information content (AvgIpc) is 2.78. The van der Waals surface area contributed by atoms with Crippen LogP contribution in [0.15, 0.2) is 53.3 Å². The van der Waals surface area contributed by atoms with Crippen molar-refractivity contribution in [1.29, 1.82) is 0 Å². The second kappa shape index (κ2) is 10.2. The lowest BCUT2D eigenvalue weighted by atomic mass is 9.92. The molecule has 2 aromatic carbocycles. The van der Waals surface area contributed by atoms with E-state index < -0.39 is 17.2 Å². The Balaban J connectivity index is 2.04. The van der Waals surface area contributed by atoms with Crippen molar-refractivity contribution in [3.8, 4) is 0 Å². The van der Waals surface area contributed by atoms with Crippen LogP contribution in [0.1, 0.15) is 78.0 Å². The van der Waals surface area contributed by atoms with E-state index in [1.165, 1.54) is 0 Å². The number of para-hydroxylation sites is 1. The summed E-state index contributed by atoms with van der Waals surface area (Å²) in [7, 11) is 0. The summed E-state index contributed by atoms with van der Waals surface area (Å²) in [5, 5.41) is 2.97. The van der Waals surface area contributed by atoms with Crippen LogP contribution in [-0.2, 0) is 13.0 Å². The van der Waals surface area contributed by atoms with Gasteiger partial charge in [-0.2, -0.15) is 0 Å². The maximum absolute atomic E-state index is 15.0. The van der Waals surface area contributed by atoms with Gasteiger partial charge in [0, 0.05) is 17.9 Å². The monoisotopic (exact) mass is 448 g/mol. The van der Waals surface area contributed by atoms with Gasteiger partial charge in [-0.15, -0.1) is 0 Å². The molecule has 3 rings (SSSR count). The number of anilines is 1. The highest BCUT2D eigenvalue weighted by Gasteiger charge is 2.24. The molecule has 33 heavy (non-hydrogen) atoms. The number of aryl methyl sites for hydroxylation is 1. The zero-order valence-electron chi connectivity index (χ0n) is 20.3. The van der Waals surface area contributed by atoms with Crippen LogP contribution in [0.2, 0.25) is 0 Å². The molecular weight excluding hydrogens is 415 g/mol. The highest BCUT2D eigenvalue weighted by atomic mass is 19.1. The number of carbonyl (C=O) groups is 1. The Kier molecular flexibility index (Phi) is 7.52. The lowest BCUT2D eigenvalue weighted by molar-refractivity contribution is 0.102. The number of nitrogens with one attached hydrogen (secondary N) is 1. The zero-order valence-corrected chi connectivity index (χ0v) is 20.3. The summed E-state index contributed by atoms with van der Waals surface area (Å²) < 4.78 is 16.7. The van der Waals surface area contributed by atoms with Crippen molar-refractivity contribution in [2.24, 2.45) is 0 Å². The van der Waals surface area contributed by atoms with E-state index in [9.17, 15) is 14.0 Å². The quantitative estimate of drug-likeness (QED) is 0.458. The van der Waals surface area contributed by atoms with Crippen LogP contribution >= 0.6 is 0 Å². The van der Waals surface area contributed by atoms with Crippen molar-refractivity contribution in [1.82, 2.24) is 4.57 Å². The topological polar surface area (TPSA) is 51.1 Å². The number of carbonyl (C=O) groups excluding carboxylic acids is 1. The smallest absolute Gasteiger partial charge is 0.261 e. The Morgan fingerprint density at radius 1 is 0.909 bits per heavy atom. The molecule has 0 spiro atoms. The van der Waals surface area contributed by atoms with Crippen molar-refractivity contribution >= 4 is 11.6 Å². The first kappa shape index (κ1) is 24.4. The summed E-state index contributed by atoms with van der Waals surface area (Å²) in [5.74, 6) is -1.09. The molecule has 0 saturated heterocycles. The molecule has 0 fully saturated rings. The minimum atomic E-state index is -0.875. The highest BCUT2D eigenvalue weighted by molar-refractivity contribution is 6.06. The van der Waals surface area contributed by atoms with Gasteiger partial charge in [0.25, 0.3) is 5.91 Å². The summed E-state index contributed by atoms with van der Waals surface area (Å²) in [5.41, 5.74) is 3.52. The number of amides is 1. The van der Waals surface area contributed by atoms with Crippen LogP contribution in [0.3, 0.4) is 0 Å². The van der Waals surface area contributed by atoms with E-state index in [-0.39, 0.29) is 23.1 Å². The first-order valence-corrected chi connectivity index (χ1v) is 11.5. The molecule has 0 aliphatic heterocycles. The fourth-order valence-electron chi connectivity index (χ4n) is 4.30. The molecule has 1 N–H and O–H groups in total. The van der Waals surface area contributed by atoms with Gasteiger partial charge >= 0.3 is 0 Å². The molecule has 0 unspecified atom stereocenters. The maximum atomic E-state index is 15.0. The van der Waals surface area contributed by atoms with Gasteiger partial charge in [-0.1, -0.05) is 76.2 Å². The van der Waals surface area contributed by atoms with E-state index in [1.54, 1.807) is 18.4 Å². The predicted octanol–water partition coefficient (Wildman–Crippen LogP) is 6.35. The fraction of sp³-hybridized carbons (Fsp3) is 0.357. The van der Waals surface area contributed by atoms with Gasteiger partial charge < -0.3 is 9.88 Å². The molecule has 4 nitrogen and oxygen atoms in total. The zero-order chi connectivity index (χ0) is 24.3. The van der Waals surface area contributed by atoms with Crippen LogP contribution in [-0.4, -0.2) is 10.5 Å². The Morgan fingerprint density at radius 3 is 2.03 bits per heavy atom. The lowest BCUT2D eigenvalue weighted by Gasteiger charge is -2.22. The van der Waals surface area contributed by atoms with E-state index in [2.05, 4.69) is 33.0 Å². The van der Waals surface area contributed by atoms with E-state index in [0.717, 1.165) is 16.7 Å². The van der Waals surface area contributed by atoms with E-state index >= 15 is 0 Å². The number of pyridine rings is 1. The number of rotatable bonds is 7. The highest BCUT2D eigenvalue weighted by Crippen LogP contribution is 2.32. The number of aromatic nitrogens is 1. The first-order valence-electron chi connectivity index (χ1n) is 11.5. The minimum Gasteiger partial charge on any atom is -0.345 e. The largest absolute Gasteiger partial charge is 0.345 e. The van der Waals surface area contributed by atoms with Crippen molar-refractivity contribution < 1.29 is 9.18 Å². The van der Waals surface area contributed by atoms with Gasteiger partial charge in [0.1, 0.15) is 5.56 Å². The number of hydrogen-bond acceptors (Lipinski definition) is 2. The second-order valence-corrected chi connectivity index (χ2v) is 9.15. The summed E-state index contributed by atoms with van der Waals surface area (Å²) in [6.45, 7) is 12.0. The Bertz CT molecular complexity index is 1180. The van der Waals surface area contributed by atoms with Gasteiger partial charge in [-0.05, 0) is 48.8 Å². The van der Waals surface area contributed by atoms with Gasteiger partial charge in [0.15, 0.2) is 5.82 Å². The number of benzene rings is 2. The molecule has 1 aromatic heterocycles. The molecule has 174 valence electrons. The SMILES string of the molecule is Cc1c(F)c(=O)c(C(=O)Nc2c(C(C)C)cccc2C(C)C)c(C)n1CCc1ccccc1. The van der Waals surface area contributed by atoms with E-state index in [0.29, 0.717) is 24.3 Å². The normalized spacial score (nSPS) is 11.3. The molecule has 0 saturated carbocycles. The molecule has 3 aromatic rings. The van der Waals surface area contributed by atoms with Crippen molar-refractivity contribution in [2.75, 3.05) is 5.32 Å². The van der Waals surface area contributed by atoms with Gasteiger partial charge in [-0.3, -0.25) is 9.59 Å². The standard InChI is InChI=1S/C28H33FN2O2/c1-17(2)22-13-10-14-23(18(3)4)26(22)30-28(33)24-19(5)31(20(6)25(29)27(24)32)16-15-21-11-8-7-9-12-21/h7-14,17-18H,15-16H2,1-6H3,(H,30,33). The summed E-state index contributed by atoms with van der Waals surface area (Å²) in [4.78, 5) is 26.3. The fourth-order valence-corrected chi connectivity index (χ4v) is 4.30. The van der Waals surface area contributed by atoms with Crippen molar-refractivity contribution in [2.45, 2.75) is 66.3 Å². The molecule has 0 radical (unpaired) electrons. The molecule has 0 atom stereocenters. The molecule has 0 aliphatic rings. The number of halogens is 1. The lowest BCUT2D eigenvalue weighted by Crippen LogP contribution is -2.31. The van der Waals surface area contributed by atoms with Crippen LogP contribution in [0.25, 0.3) is 0 Å². The predicted molar refractivity (Wildman–Crippen MR) is 133 cm³/mol. The third-order valence-corrected chi connectivity index (χ3v) is 6.22. The third kappa shape index (κ3) is 5.08. The van der Waals surface area contributed by atoms with Gasteiger partial charge in [0.05, 0.1) is 5.69 Å². The van der Waals surface area contributed by atoms with Crippen LogP contribution in [0.5, 0.6) is 0 Å². The summed E-state index contributed by atoms with van der Waals surface area (Å²) in [6.07, 6.45) is 0.666. The summed E-state index contributed by atoms with van der Waals surface area (Å²) in [6, 6.07) is 15.8. The van der Waals surface area contributed by atoms with Gasteiger partial charge in [0.2, 0.25) is 5.43 Å². The van der Waals surface area contributed by atoms with Crippen LogP contribution < -0.4 is 10.7 Å². The van der Waals surface area contributed by atoms with Crippen LogP contribution in [0, 0.1) is 19.7 Å². The molecule has 0 aliphatic carbocycles. The molecular formula is C28H33FN2O2. The molecule has 1 amide bonds. The Labute approximate surface area is 195 Å². The number of nitrogens with zero attached hydrogens (tertiary/aromatic N) is 1. The molecule has 5 heteroatoms. The Hall–Kier alpha value is -3.21. The minimum absolute atomic E-state index is 0.139. The molecule has 0 bridgehead atoms. The van der Waals surface area contributed by atoms with E-state index in [4.69, 9.17) is 0 Å².